The molecule has 1 aliphatic heterocycles. The van der Waals surface area contributed by atoms with Crippen LogP contribution in [0.15, 0.2) is 60.8 Å². The fraction of sp³-hybridized carbons (Fsp3) is 0.118. The summed E-state index contributed by atoms with van der Waals surface area (Å²) in [5.74, 6) is -1.76. The van der Waals surface area contributed by atoms with E-state index in [9.17, 15) is 13.6 Å². The van der Waals surface area contributed by atoms with Gasteiger partial charge in [0.2, 0.25) is 0 Å². The average molecular weight is 285 g/mol. The molecular formula is C17H13F2NO. The molecule has 1 aliphatic rings. The lowest BCUT2D eigenvalue weighted by molar-refractivity contribution is -0.115. The predicted octanol–water partition coefficient (Wildman–Crippen LogP) is 4.00. The maximum Gasteiger partial charge on any atom is 0.160 e. The first-order valence-electron chi connectivity index (χ1n) is 6.64. The highest BCUT2D eigenvalue weighted by atomic mass is 19.2. The van der Waals surface area contributed by atoms with Gasteiger partial charge >= 0.3 is 0 Å². The zero-order valence-corrected chi connectivity index (χ0v) is 11.2. The van der Waals surface area contributed by atoms with Gasteiger partial charge in [-0.1, -0.05) is 30.3 Å². The summed E-state index contributed by atoms with van der Waals surface area (Å²) in [6.07, 6.45) is 3.39. The number of allylic oxidation sites excluding steroid dienone is 1. The average Bonchev–Trinajstić information content (AvgIpc) is 2.51. The Kier molecular flexibility index (Phi) is 3.52. The minimum Gasteiger partial charge on any atom is -0.340 e. The van der Waals surface area contributed by atoms with E-state index in [1.807, 2.05) is 30.3 Å². The number of halogens is 2. The molecule has 1 atom stereocenters. The Morgan fingerprint density at radius 2 is 1.76 bits per heavy atom. The Labute approximate surface area is 121 Å². The van der Waals surface area contributed by atoms with E-state index in [-0.39, 0.29) is 11.8 Å². The van der Waals surface area contributed by atoms with Crippen LogP contribution in [0.3, 0.4) is 0 Å². The second kappa shape index (κ2) is 5.48. The second-order valence-corrected chi connectivity index (χ2v) is 4.92. The third-order valence-electron chi connectivity index (χ3n) is 3.54. The number of benzene rings is 2. The van der Waals surface area contributed by atoms with Crippen LogP contribution in [0, 0.1) is 11.6 Å². The van der Waals surface area contributed by atoms with Crippen molar-refractivity contribution in [1.29, 1.82) is 0 Å². The van der Waals surface area contributed by atoms with Crippen molar-refractivity contribution in [2.45, 2.75) is 12.5 Å². The molecule has 2 aromatic carbocycles. The normalized spacial score (nSPS) is 18.1. The Balaban J connectivity index is 2.03. The number of rotatable bonds is 2. The van der Waals surface area contributed by atoms with Gasteiger partial charge in [0.25, 0.3) is 0 Å². The number of carbonyl (C=O) groups is 1. The molecule has 1 unspecified atom stereocenters. The van der Waals surface area contributed by atoms with Crippen LogP contribution in [0.4, 0.5) is 14.5 Å². The lowest BCUT2D eigenvalue weighted by Crippen LogP contribution is -2.29. The molecule has 0 saturated carbocycles. The van der Waals surface area contributed by atoms with E-state index in [0.29, 0.717) is 12.1 Å². The first kappa shape index (κ1) is 13.5. The Morgan fingerprint density at radius 1 is 1.00 bits per heavy atom. The van der Waals surface area contributed by atoms with Crippen molar-refractivity contribution in [2.75, 3.05) is 4.90 Å². The molecule has 0 amide bonds. The van der Waals surface area contributed by atoms with Gasteiger partial charge in [0, 0.05) is 24.4 Å². The molecule has 2 nitrogen and oxygen atoms in total. The lowest BCUT2D eigenvalue weighted by atomic mass is 9.96. The molecule has 4 heteroatoms. The van der Waals surface area contributed by atoms with Crippen molar-refractivity contribution >= 4 is 11.5 Å². The van der Waals surface area contributed by atoms with Crippen LogP contribution in [-0.4, -0.2) is 5.78 Å². The van der Waals surface area contributed by atoms with E-state index < -0.39 is 11.6 Å². The van der Waals surface area contributed by atoms with Crippen LogP contribution in [0.25, 0.3) is 0 Å². The second-order valence-electron chi connectivity index (χ2n) is 4.92. The summed E-state index contributed by atoms with van der Waals surface area (Å²) in [7, 11) is 0. The van der Waals surface area contributed by atoms with E-state index >= 15 is 0 Å². The molecule has 0 aromatic heterocycles. The predicted molar refractivity (Wildman–Crippen MR) is 76.8 cm³/mol. The van der Waals surface area contributed by atoms with Crippen LogP contribution >= 0.6 is 0 Å². The fourth-order valence-electron chi connectivity index (χ4n) is 2.49. The molecule has 0 spiro atoms. The van der Waals surface area contributed by atoms with Crippen molar-refractivity contribution in [3.8, 4) is 0 Å². The van der Waals surface area contributed by atoms with E-state index in [2.05, 4.69) is 0 Å². The smallest absolute Gasteiger partial charge is 0.160 e. The highest BCUT2D eigenvalue weighted by Crippen LogP contribution is 2.33. The number of anilines is 1. The Bertz CT molecular complexity index is 697. The molecule has 0 fully saturated rings. The van der Waals surface area contributed by atoms with Gasteiger partial charge in [-0.2, -0.15) is 0 Å². The molecule has 0 bridgehead atoms. The topological polar surface area (TPSA) is 20.3 Å². The van der Waals surface area contributed by atoms with Gasteiger partial charge in [-0.3, -0.25) is 4.79 Å². The summed E-state index contributed by atoms with van der Waals surface area (Å²) in [5.41, 5.74) is 1.48. The third-order valence-corrected chi connectivity index (χ3v) is 3.54. The zero-order valence-electron chi connectivity index (χ0n) is 11.2. The lowest BCUT2D eigenvalue weighted by Gasteiger charge is -2.33. The Hall–Kier alpha value is -2.49. The van der Waals surface area contributed by atoms with E-state index in [4.69, 9.17) is 0 Å². The van der Waals surface area contributed by atoms with Gasteiger partial charge in [-0.25, -0.2) is 8.78 Å². The summed E-state index contributed by atoms with van der Waals surface area (Å²) < 4.78 is 26.5. The van der Waals surface area contributed by atoms with Gasteiger partial charge < -0.3 is 4.90 Å². The van der Waals surface area contributed by atoms with Gasteiger partial charge in [-0.05, 0) is 23.8 Å². The third kappa shape index (κ3) is 2.70. The standard InChI is InChI=1S/C17H13F2NO/c18-15-7-6-13(10-16(15)19)20-9-8-14(21)11-17(20)12-4-2-1-3-5-12/h1-10,17H,11H2. The monoisotopic (exact) mass is 285 g/mol. The van der Waals surface area contributed by atoms with Crippen LogP contribution in [0.1, 0.15) is 18.0 Å². The summed E-state index contributed by atoms with van der Waals surface area (Å²) >= 11 is 0. The van der Waals surface area contributed by atoms with Crippen LogP contribution in [-0.2, 0) is 4.79 Å². The molecule has 0 saturated heterocycles. The largest absolute Gasteiger partial charge is 0.340 e. The van der Waals surface area contributed by atoms with Crippen LogP contribution < -0.4 is 4.90 Å². The van der Waals surface area contributed by atoms with E-state index in [0.717, 1.165) is 17.7 Å². The molecule has 1 heterocycles. The molecule has 106 valence electrons. The molecule has 21 heavy (non-hydrogen) atoms. The first-order chi connectivity index (χ1) is 10.1. The van der Waals surface area contributed by atoms with Crippen molar-refractivity contribution in [3.05, 3.63) is 78.0 Å². The van der Waals surface area contributed by atoms with Crippen LogP contribution in [0.2, 0.25) is 0 Å². The van der Waals surface area contributed by atoms with Crippen LogP contribution in [0.5, 0.6) is 0 Å². The number of hydrogen-bond donors (Lipinski definition) is 0. The zero-order chi connectivity index (χ0) is 14.8. The summed E-state index contributed by atoms with van der Waals surface area (Å²) in [6, 6.07) is 13.0. The van der Waals surface area contributed by atoms with E-state index in [1.165, 1.54) is 12.1 Å². The molecule has 0 aliphatic carbocycles. The van der Waals surface area contributed by atoms with E-state index in [1.54, 1.807) is 11.1 Å². The van der Waals surface area contributed by atoms with Crippen molar-refractivity contribution in [2.24, 2.45) is 0 Å². The van der Waals surface area contributed by atoms with Gasteiger partial charge in [0.1, 0.15) is 0 Å². The quantitative estimate of drug-likeness (QED) is 0.831. The molecular weight excluding hydrogens is 272 g/mol. The minimum atomic E-state index is -0.899. The maximum atomic E-state index is 13.4. The maximum absolute atomic E-state index is 13.4. The number of nitrogens with zero attached hydrogens (tertiary/aromatic N) is 1. The molecule has 3 rings (SSSR count). The van der Waals surface area contributed by atoms with Gasteiger partial charge in [0.15, 0.2) is 17.4 Å². The Morgan fingerprint density at radius 3 is 2.48 bits per heavy atom. The molecule has 0 N–H and O–H groups in total. The fourth-order valence-corrected chi connectivity index (χ4v) is 2.49. The van der Waals surface area contributed by atoms with Gasteiger partial charge in [0.05, 0.1) is 6.04 Å². The number of ketones is 1. The summed E-state index contributed by atoms with van der Waals surface area (Å²) in [5, 5.41) is 0. The van der Waals surface area contributed by atoms with Gasteiger partial charge in [-0.15, -0.1) is 0 Å². The molecule has 0 radical (unpaired) electrons. The highest BCUT2D eigenvalue weighted by Gasteiger charge is 2.25. The summed E-state index contributed by atoms with van der Waals surface area (Å²) in [6.45, 7) is 0. The minimum absolute atomic E-state index is 0.0164. The van der Waals surface area contributed by atoms with Crippen molar-refractivity contribution in [3.63, 3.8) is 0 Å². The van der Waals surface area contributed by atoms with Crippen molar-refractivity contribution < 1.29 is 13.6 Å². The summed E-state index contributed by atoms with van der Waals surface area (Å²) in [4.78, 5) is 13.5. The number of carbonyl (C=O) groups excluding carboxylic acids is 1. The number of hydrogen-bond acceptors (Lipinski definition) is 2. The SMILES string of the molecule is O=C1C=CN(c2ccc(F)c(F)c2)C(c2ccccc2)C1. The first-order valence-corrected chi connectivity index (χ1v) is 6.64. The highest BCUT2D eigenvalue weighted by molar-refractivity contribution is 5.92. The van der Waals surface area contributed by atoms with Crippen molar-refractivity contribution in [1.82, 2.24) is 0 Å². The molecule has 2 aromatic rings.